The summed E-state index contributed by atoms with van der Waals surface area (Å²) in [5.74, 6) is -1.08. The topological polar surface area (TPSA) is 76.6 Å². The third-order valence-electron chi connectivity index (χ3n) is 3.16. The summed E-state index contributed by atoms with van der Waals surface area (Å²) in [6, 6.07) is 7.06. The van der Waals surface area contributed by atoms with Gasteiger partial charge in [0.25, 0.3) is 0 Å². The highest BCUT2D eigenvalue weighted by Gasteiger charge is 2.08. The molecular weight excluding hydrogens is 371 g/mol. The summed E-state index contributed by atoms with van der Waals surface area (Å²) in [5, 5.41) is -0.0553. The number of methoxy groups -OCH3 is 1. The first-order chi connectivity index (χ1) is 11.9. The standard InChI is InChI=1S/C16H14ClFN2O4S/c1-24-16(21)12-3-4-13(19-9-12)10-20(25(22)23)7-6-11-2-5-15(18)14(17)8-11/h2-9,25H,10H2,1H3. The number of ether oxygens (including phenoxy) is 1. The van der Waals surface area contributed by atoms with E-state index < -0.39 is 22.7 Å². The van der Waals surface area contributed by atoms with Crippen molar-refractivity contribution in [2.45, 2.75) is 6.54 Å². The van der Waals surface area contributed by atoms with Gasteiger partial charge in [0.15, 0.2) is 0 Å². The van der Waals surface area contributed by atoms with Gasteiger partial charge in [-0.2, -0.15) is 0 Å². The zero-order chi connectivity index (χ0) is 18.4. The lowest BCUT2D eigenvalue weighted by molar-refractivity contribution is 0.0600. The Balaban J connectivity index is 2.14. The quantitative estimate of drug-likeness (QED) is 0.612. The molecule has 0 atom stereocenters. The molecule has 0 aliphatic rings. The van der Waals surface area contributed by atoms with E-state index in [4.69, 9.17) is 11.6 Å². The molecule has 1 heterocycles. The van der Waals surface area contributed by atoms with Crippen LogP contribution in [0.2, 0.25) is 5.02 Å². The summed E-state index contributed by atoms with van der Waals surface area (Å²) in [6.07, 6.45) is 4.12. The molecule has 0 spiro atoms. The minimum Gasteiger partial charge on any atom is -0.465 e. The van der Waals surface area contributed by atoms with Crippen LogP contribution in [-0.4, -0.2) is 30.8 Å². The molecule has 0 unspecified atom stereocenters. The zero-order valence-corrected chi connectivity index (χ0v) is 14.7. The molecule has 6 nitrogen and oxygen atoms in total. The number of rotatable bonds is 6. The molecule has 0 aliphatic heterocycles. The van der Waals surface area contributed by atoms with Crippen molar-refractivity contribution in [3.8, 4) is 0 Å². The summed E-state index contributed by atoms with van der Waals surface area (Å²) >= 11 is 5.68. The zero-order valence-electron chi connectivity index (χ0n) is 13.1. The molecule has 0 N–H and O–H groups in total. The van der Waals surface area contributed by atoms with Gasteiger partial charge in [0.2, 0.25) is 10.9 Å². The number of esters is 1. The number of pyridine rings is 1. The van der Waals surface area contributed by atoms with Crippen molar-refractivity contribution in [3.05, 3.63) is 70.4 Å². The molecule has 0 aliphatic carbocycles. The molecule has 1 aromatic heterocycles. The lowest BCUT2D eigenvalue weighted by atomic mass is 10.2. The second-order valence-corrected chi connectivity index (χ2v) is 6.25. The van der Waals surface area contributed by atoms with Gasteiger partial charge in [-0.05, 0) is 35.9 Å². The number of hydrogen-bond donors (Lipinski definition) is 1. The van der Waals surface area contributed by atoms with Crippen molar-refractivity contribution in [1.29, 1.82) is 0 Å². The Kier molecular flexibility index (Phi) is 6.49. The molecule has 0 saturated heterocycles. The molecule has 132 valence electrons. The minimum absolute atomic E-state index is 0.0222. The molecule has 1 aromatic carbocycles. The molecule has 2 aromatic rings. The van der Waals surface area contributed by atoms with Crippen LogP contribution >= 0.6 is 11.6 Å². The highest BCUT2D eigenvalue weighted by Crippen LogP contribution is 2.17. The number of benzene rings is 1. The Bertz CT molecular complexity index is 861. The molecular formula is C16H14ClFN2O4S. The van der Waals surface area contributed by atoms with Gasteiger partial charge in [0.1, 0.15) is 5.82 Å². The first-order valence-electron chi connectivity index (χ1n) is 6.98. The van der Waals surface area contributed by atoms with Crippen LogP contribution in [0.25, 0.3) is 6.08 Å². The summed E-state index contributed by atoms with van der Waals surface area (Å²) in [7, 11) is -1.66. The van der Waals surface area contributed by atoms with Gasteiger partial charge in [-0.3, -0.25) is 9.29 Å². The summed E-state index contributed by atoms with van der Waals surface area (Å²) in [4.78, 5) is 15.4. The van der Waals surface area contributed by atoms with E-state index in [-0.39, 0.29) is 17.1 Å². The second-order valence-electron chi connectivity index (χ2n) is 4.85. The number of carbonyl (C=O) groups is 1. The number of thiol groups is 1. The fourth-order valence-corrected chi connectivity index (χ4v) is 2.50. The maximum Gasteiger partial charge on any atom is 0.339 e. The van der Waals surface area contributed by atoms with Gasteiger partial charge in [-0.25, -0.2) is 17.6 Å². The maximum absolute atomic E-state index is 13.1. The molecule has 25 heavy (non-hydrogen) atoms. The number of nitrogens with zero attached hydrogens (tertiary/aromatic N) is 2. The van der Waals surface area contributed by atoms with Crippen molar-refractivity contribution >= 4 is 34.5 Å². The molecule has 0 amide bonds. The molecule has 2 rings (SSSR count). The van der Waals surface area contributed by atoms with Crippen LogP contribution in [0.4, 0.5) is 4.39 Å². The minimum atomic E-state index is -2.91. The van der Waals surface area contributed by atoms with Gasteiger partial charge in [-0.15, -0.1) is 0 Å². The van der Waals surface area contributed by atoms with E-state index in [1.165, 1.54) is 55.9 Å². The lowest BCUT2D eigenvalue weighted by Gasteiger charge is -2.12. The average molecular weight is 385 g/mol. The number of carbonyl (C=O) groups excluding carboxylic acids is 1. The van der Waals surface area contributed by atoms with E-state index in [1.54, 1.807) is 0 Å². The van der Waals surface area contributed by atoms with Crippen molar-refractivity contribution in [1.82, 2.24) is 9.29 Å². The number of halogens is 2. The molecule has 0 bridgehead atoms. The second kappa shape index (κ2) is 8.59. The van der Waals surface area contributed by atoms with Gasteiger partial charge >= 0.3 is 5.97 Å². The third-order valence-corrected chi connectivity index (χ3v) is 4.15. The van der Waals surface area contributed by atoms with Crippen molar-refractivity contribution in [2.75, 3.05) is 7.11 Å². The fourth-order valence-electron chi connectivity index (χ4n) is 1.88. The van der Waals surface area contributed by atoms with Crippen LogP contribution in [0.1, 0.15) is 21.6 Å². The van der Waals surface area contributed by atoms with Crippen LogP contribution < -0.4 is 0 Å². The van der Waals surface area contributed by atoms with Crippen LogP contribution in [0.5, 0.6) is 0 Å². The average Bonchev–Trinajstić information content (AvgIpc) is 2.61. The predicted octanol–water partition coefficient (Wildman–Crippen LogP) is 2.66. The smallest absolute Gasteiger partial charge is 0.339 e. The summed E-state index contributed by atoms with van der Waals surface area (Å²) < 4.78 is 41.5. The summed E-state index contributed by atoms with van der Waals surface area (Å²) in [6.45, 7) is -0.0222. The molecule has 0 radical (unpaired) electrons. The lowest BCUT2D eigenvalue weighted by Crippen LogP contribution is -2.15. The Morgan fingerprint density at radius 2 is 2.12 bits per heavy atom. The Morgan fingerprint density at radius 1 is 1.36 bits per heavy atom. The Hall–Kier alpha value is -2.45. The van der Waals surface area contributed by atoms with E-state index >= 15 is 0 Å². The maximum atomic E-state index is 13.1. The third kappa shape index (κ3) is 5.27. The van der Waals surface area contributed by atoms with E-state index in [2.05, 4.69) is 9.72 Å². The highest BCUT2D eigenvalue weighted by atomic mass is 35.5. The predicted molar refractivity (Wildman–Crippen MR) is 91.9 cm³/mol. The Labute approximate surface area is 150 Å². The van der Waals surface area contributed by atoms with Crippen LogP contribution in [0.15, 0.2) is 42.7 Å². The first kappa shape index (κ1) is 18.9. The summed E-state index contributed by atoms with van der Waals surface area (Å²) in [5.41, 5.74) is 1.25. The van der Waals surface area contributed by atoms with Gasteiger partial charge in [0.05, 0.1) is 29.9 Å². The van der Waals surface area contributed by atoms with Crippen molar-refractivity contribution in [3.63, 3.8) is 0 Å². The Morgan fingerprint density at radius 3 is 2.68 bits per heavy atom. The van der Waals surface area contributed by atoms with Crippen LogP contribution in [-0.2, 0) is 22.2 Å². The SMILES string of the molecule is COC(=O)c1ccc(CN(C=Cc2ccc(F)c(Cl)c2)[SH](=O)=O)nc1. The molecule has 0 saturated carbocycles. The highest BCUT2D eigenvalue weighted by molar-refractivity contribution is 7.69. The van der Waals surface area contributed by atoms with Crippen molar-refractivity contribution < 1.29 is 22.3 Å². The van der Waals surface area contributed by atoms with E-state index in [0.29, 0.717) is 11.3 Å². The fraction of sp³-hybridized carbons (Fsp3) is 0.125. The van der Waals surface area contributed by atoms with E-state index in [9.17, 15) is 17.6 Å². The van der Waals surface area contributed by atoms with E-state index in [0.717, 1.165) is 4.31 Å². The number of aromatic nitrogens is 1. The van der Waals surface area contributed by atoms with Gasteiger partial charge in [0, 0.05) is 12.4 Å². The van der Waals surface area contributed by atoms with Gasteiger partial charge < -0.3 is 4.74 Å². The van der Waals surface area contributed by atoms with E-state index in [1.807, 2.05) is 0 Å². The van der Waals surface area contributed by atoms with Crippen molar-refractivity contribution in [2.24, 2.45) is 0 Å². The van der Waals surface area contributed by atoms with Crippen LogP contribution in [0, 0.1) is 5.82 Å². The first-order valence-corrected chi connectivity index (χ1v) is 8.49. The largest absolute Gasteiger partial charge is 0.465 e. The molecule has 9 heteroatoms. The number of hydrogen-bond acceptors (Lipinski definition) is 5. The molecule has 0 fully saturated rings. The van der Waals surface area contributed by atoms with Gasteiger partial charge in [-0.1, -0.05) is 17.7 Å². The van der Waals surface area contributed by atoms with Crippen LogP contribution in [0.3, 0.4) is 0 Å². The normalized spacial score (nSPS) is 11.0. The monoisotopic (exact) mass is 384 g/mol.